The number of aromatic amines is 2. The number of pyridine rings is 1. The third-order valence-electron chi connectivity index (χ3n) is 5.12. The minimum Gasteiger partial charge on any atom is -0.366 e. The number of para-hydroxylation sites is 1. The number of fused-ring (bicyclic) bond motifs is 2. The third kappa shape index (κ3) is 2.72. The largest absolute Gasteiger partial charge is 0.366 e. The molecule has 4 N–H and O–H groups in total. The fourth-order valence-corrected chi connectivity index (χ4v) is 3.69. The third-order valence-corrected chi connectivity index (χ3v) is 5.12. The normalized spacial score (nSPS) is 14.9. The summed E-state index contributed by atoms with van der Waals surface area (Å²) in [6.07, 6.45) is 0. The van der Waals surface area contributed by atoms with Gasteiger partial charge in [0.1, 0.15) is 17.2 Å². The van der Waals surface area contributed by atoms with Crippen molar-refractivity contribution >= 4 is 39.9 Å². The highest BCUT2D eigenvalue weighted by atomic mass is 16.1. The van der Waals surface area contributed by atoms with Gasteiger partial charge in [0.2, 0.25) is 5.95 Å². The summed E-state index contributed by atoms with van der Waals surface area (Å²) in [5.41, 5.74) is 9.03. The number of imidazole rings is 2. The van der Waals surface area contributed by atoms with E-state index in [4.69, 9.17) is 5.73 Å². The highest BCUT2D eigenvalue weighted by molar-refractivity contribution is 6.04. The maximum Gasteiger partial charge on any atom is 0.250 e. The van der Waals surface area contributed by atoms with E-state index >= 15 is 0 Å². The average molecular weight is 376 g/mol. The average Bonchev–Trinajstić information content (AvgIpc) is 3.29. The van der Waals surface area contributed by atoms with Crippen LogP contribution in [-0.4, -0.2) is 57.0 Å². The zero-order valence-electron chi connectivity index (χ0n) is 15.4. The Balaban J connectivity index is 1.35. The fraction of sp³-hybridized carbons (Fsp3) is 0.263. The van der Waals surface area contributed by atoms with Crippen LogP contribution in [0.2, 0.25) is 0 Å². The van der Waals surface area contributed by atoms with Crippen molar-refractivity contribution in [2.45, 2.75) is 6.92 Å². The van der Waals surface area contributed by atoms with Crippen LogP contribution in [0.1, 0.15) is 16.2 Å². The van der Waals surface area contributed by atoms with Crippen LogP contribution in [0.3, 0.4) is 0 Å². The Kier molecular flexibility index (Phi) is 3.68. The first kappa shape index (κ1) is 16.5. The monoisotopic (exact) mass is 376 g/mol. The summed E-state index contributed by atoms with van der Waals surface area (Å²) in [5, 5.41) is 0. The number of amides is 1. The molecule has 1 fully saturated rings. The van der Waals surface area contributed by atoms with Gasteiger partial charge in [0.25, 0.3) is 5.91 Å². The van der Waals surface area contributed by atoms with E-state index in [2.05, 4.69) is 34.7 Å². The van der Waals surface area contributed by atoms with Crippen molar-refractivity contribution in [3.8, 4) is 0 Å². The maximum atomic E-state index is 11.6. The lowest BCUT2D eigenvalue weighted by molar-refractivity contribution is 0.100. The number of rotatable bonds is 3. The molecule has 1 amide bonds. The lowest BCUT2D eigenvalue weighted by Crippen LogP contribution is -2.47. The standard InChI is InChI=1S/C19H20N8O/c1-11-21-14-5-6-15(24-18(14)22-11)26-7-9-27(10-8-26)19-23-13-4-2-3-12(17(20)28)16(13)25-19/h2-6H,7-10H2,1H3,(H2,20,28)(H,23,25)(H,21,22,24). The molecule has 0 aliphatic carbocycles. The van der Waals surface area contributed by atoms with Crippen LogP contribution >= 0.6 is 0 Å². The van der Waals surface area contributed by atoms with Gasteiger partial charge in [0, 0.05) is 26.2 Å². The van der Waals surface area contributed by atoms with E-state index in [9.17, 15) is 4.79 Å². The minimum atomic E-state index is -0.469. The quantitative estimate of drug-likeness (QED) is 0.499. The first-order valence-corrected chi connectivity index (χ1v) is 9.20. The van der Waals surface area contributed by atoms with E-state index in [-0.39, 0.29) is 0 Å². The van der Waals surface area contributed by atoms with Gasteiger partial charge < -0.3 is 25.5 Å². The molecule has 1 aliphatic rings. The van der Waals surface area contributed by atoms with Crippen molar-refractivity contribution in [1.29, 1.82) is 0 Å². The molecule has 9 nitrogen and oxygen atoms in total. The topological polar surface area (TPSA) is 120 Å². The lowest BCUT2D eigenvalue weighted by atomic mass is 10.2. The first-order valence-electron chi connectivity index (χ1n) is 9.20. The lowest BCUT2D eigenvalue weighted by Gasteiger charge is -2.35. The minimum absolute atomic E-state index is 0.436. The van der Waals surface area contributed by atoms with Gasteiger partial charge in [-0.1, -0.05) is 6.07 Å². The van der Waals surface area contributed by atoms with Gasteiger partial charge >= 0.3 is 0 Å². The molecule has 9 heteroatoms. The first-order chi connectivity index (χ1) is 13.6. The number of primary amides is 1. The Morgan fingerprint density at radius 3 is 2.54 bits per heavy atom. The summed E-state index contributed by atoms with van der Waals surface area (Å²) in [7, 11) is 0. The van der Waals surface area contributed by atoms with E-state index in [1.807, 2.05) is 25.1 Å². The second-order valence-electron chi connectivity index (χ2n) is 6.96. The van der Waals surface area contributed by atoms with Crippen LogP contribution in [-0.2, 0) is 0 Å². The molecule has 0 saturated carbocycles. The number of carbonyl (C=O) groups is 1. The molecule has 1 saturated heterocycles. The fourth-order valence-electron chi connectivity index (χ4n) is 3.69. The molecule has 1 aromatic carbocycles. The van der Waals surface area contributed by atoms with Gasteiger partial charge in [-0.2, -0.15) is 0 Å². The Labute approximate surface area is 160 Å². The van der Waals surface area contributed by atoms with Crippen molar-refractivity contribution in [3.05, 3.63) is 41.7 Å². The number of piperazine rings is 1. The number of aromatic nitrogens is 5. The summed E-state index contributed by atoms with van der Waals surface area (Å²) in [6, 6.07) is 9.46. The predicted octanol–water partition coefficient (Wildman–Crippen LogP) is 1.57. The molecule has 1 aliphatic heterocycles. The van der Waals surface area contributed by atoms with Crippen LogP contribution in [0.5, 0.6) is 0 Å². The molecule has 0 radical (unpaired) electrons. The van der Waals surface area contributed by atoms with Crippen LogP contribution in [0.15, 0.2) is 30.3 Å². The number of benzene rings is 1. The van der Waals surface area contributed by atoms with Crippen molar-refractivity contribution in [1.82, 2.24) is 24.9 Å². The van der Waals surface area contributed by atoms with Crippen LogP contribution in [0.4, 0.5) is 11.8 Å². The summed E-state index contributed by atoms with van der Waals surface area (Å²) in [4.78, 5) is 36.3. The summed E-state index contributed by atoms with van der Waals surface area (Å²) >= 11 is 0. The van der Waals surface area contributed by atoms with Gasteiger partial charge in [-0.3, -0.25) is 4.79 Å². The summed E-state index contributed by atoms with van der Waals surface area (Å²) in [6.45, 7) is 5.16. The summed E-state index contributed by atoms with van der Waals surface area (Å²) < 4.78 is 0. The van der Waals surface area contributed by atoms with Crippen LogP contribution in [0, 0.1) is 6.92 Å². The Morgan fingerprint density at radius 1 is 0.964 bits per heavy atom. The van der Waals surface area contributed by atoms with Gasteiger partial charge in [0.15, 0.2) is 5.65 Å². The number of nitrogens with zero attached hydrogens (tertiary/aromatic N) is 5. The van der Waals surface area contributed by atoms with E-state index < -0.39 is 5.91 Å². The Hall–Kier alpha value is -3.62. The van der Waals surface area contributed by atoms with E-state index in [0.717, 1.165) is 60.5 Å². The number of nitrogens with one attached hydrogen (secondary N) is 2. The number of nitrogens with two attached hydrogens (primary N) is 1. The second-order valence-corrected chi connectivity index (χ2v) is 6.96. The zero-order valence-corrected chi connectivity index (χ0v) is 15.4. The van der Waals surface area contributed by atoms with Crippen molar-refractivity contribution in [3.63, 3.8) is 0 Å². The number of anilines is 2. The van der Waals surface area contributed by atoms with Crippen LogP contribution in [0.25, 0.3) is 22.2 Å². The predicted molar refractivity (Wildman–Crippen MR) is 108 cm³/mol. The summed E-state index contributed by atoms with van der Waals surface area (Å²) in [5.74, 6) is 2.09. The highest BCUT2D eigenvalue weighted by Gasteiger charge is 2.22. The van der Waals surface area contributed by atoms with Gasteiger partial charge in [-0.05, 0) is 31.2 Å². The molecule has 0 atom stereocenters. The highest BCUT2D eigenvalue weighted by Crippen LogP contribution is 2.23. The molecule has 0 bridgehead atoms. The number of H-pyrrole nitrogens is 2. The number of carbonyl (C=O) groups excluding carboxylic acids is 1. The van der Waals surface area contributed by atoms with Gasteiger partial charge in [0.05, 0.1) is 16.6 Å². The number of hydrogen-bond donors (Lipinski definition) is 3. The molecular weight excluding hydrogens is 356 g/mol. The van der Waals surface area contributed by atoms with Gasteiger partial charge in [-0.15, -0.1) is 0 Å². The van der Waals surface area contributed by atoms with E-state index in [1.54, 1.807) is 12.1 Å². The zero-order chi connectivity index (χ0) is 19.3. The SMILES string of the molecule is Cc1nc2nc(N3CCN(c4nc5c(C(N)=O)cccc5[nH]4)CC3)ccc2[nH]1. The molecule has 4 heterocycles. The van der Waals surface area contributed by atoms with Crippen molar-refractivity contribution in [2.24, 2.45) is 5.73 Å². The van der Waals surface area contributed by atoms with Crippen molar-refractivity contribution in [2.75, 3.05) is 36.0 Å². The Morgan fingerprint density at radius 2 is 1.75 bits per heavy atom. The molecule has 142 valence electrons. The molecule has 4 aromatic rings. The van der Waals surface area contributed by atoms with Crippen LogP contribution < -0.4 is 15.5 Å². The number of hydrogen-bond acceptors (Lipinski definition) is 6. The molecular formula is C19H20N8O. The molecule has 3 aromatic heterocycles. The molecule has 0 unspecified atom stereocenters. The van der Waals surface area contributed by atoms with E-state index in [1.165, 1.54) is 0 Å². The maximum absolute atomic E-state index is 11.6. The smallest absolute Gasteiger partial charge is 0.250 e. The Bertz CT molecular complexity index is 1190. The molecule has 0 spiro atoms. The van der Waals surface area contributed by atoms with E-state index in [0.29, 0.717) is 11.1 Å². The molecule has 5 rings (SSSR count). The molecule has 28 heavy (non-hydrogen) atoms. The number of aryl methyl sites for hydroxylation is 1. The second kappa shape index (κ2) is 6.22. The van der Waals surface area contributed by atoms with Crippen molar-refractivity contribution < 1.29 is 4.79 Å². The van der Waals surface area contributed by atoms with Gasteiger partial charge in [-0.25, -0.2) is 15.0 Å².